The van der Waals surface area contributed by atoms with Crippen molar-refractivity contribution in [1.82, 2.24) is 14.6 Å². The Morgan fingerprint density at radius 3 is 2.81 bits per heavy atom. The molecule has 1 fully saturated rings. The molecule has 1 saturated carbocycles. The van der Waals surface area contributed by atoms with Crippen molar-refractivity contribution in [2.45, 2.75) is 38.5 Å². The summed E-state index contributed by atoms with van der Waals surface area (Å²) in [5.41, 5.74) is 3.13. The van der Waals surface area contributed by atoms with E-state index in [2.05, 4.69) is 38.1 Å². The molecule has 1 aliphatic rings. The molecule has 0 radical (unpaired) electrons. The Morgan fingerprint density at radius 2 is 2.06 bits per heavy atom. The molecule has 4 heteroatoms. The lowest BCUT2D eigenvalue weighted by Crippen LogP contribution is -2.01. The third-order valence-electron chi connectivity index (χ3n) is 3.38. The number of hydrogen-bond donors (Lipinski definition) is 0. The Hall–Kier alpha value is -0.900. The molecule has 2 heterocycles. The van der Waals surface area contributed by atoms with Crippen molar-refractivity contribution < 1.29 is 0 Å². The van der Waals surface area contributed by atoms with Crippen molar-refractivity contribution in [3.8, 4) is 0 Å². The van der Waals surface area contributed by atoms with E-state index in [1.165, 1.54) is 31.4 Å². The summed E-state index contributed by atoms with van der Waals surface area (Å²) in [5, 5.41) is 4.68. The first kappa shape index (κ1) is 10.3. The van der Waals surface area contributed by atoms with Gasteiger partial charge in [-0.2, -0.15) is 5.10 Å². The summed E-state index contributed by atoms with van der Waals surface area (Å²) in [4.78, 5) is 4.43. The van der Waals surface area contributed by atoms with Crippen molar-refractivity contribution in [3.63, 3.8) is 0 Å². The lowest BCUT2D eigenvalue weighted by molar-refractivity contribution is 0.669. The van der Waals surface area contributed by atoms with Gasteiger partial charge in [0.25, 0.3) is 0 Å². The Labute approximate surface area is 103 Å². The molecule has 0 spiro atoms. The van der Waals surface area contributed by atoms with E-state index in [1.54, 1.807) is 0 Å². The minimum atomic E-state index is 0.652. The first-order valence-electron chi connectivity index (χ1n) is 5.77. The van der Waals surface area contributed by atoms with Crippen LogP contribution in [-0.4, -0.2) is 14.6 Å². The summed E-state index contributed by atoms with van der Waals surface area (Å²) in [7, 11) is 0. The number of hydrogen-bond acceptors (Lipinski definition) is 2. The molecule has 0 atom stereocenters. The first-order chi connectivity index (χ1) is 7.75. The normalized spacial score (nSPS) is 17.4. The third-order valence-corrected chi connectivity index (χ3v) is 4.29. The maximum absolute atomic E-state index is 4.68. The van der Waals surface area contributed by atoms with E-state index in [1.807, 2.05) is 11.4 Å². The van der Waals surface area contributed by atoms with Gasteiger partial charge in [0.15, 0.2) is 5.65 Å². The Balaban J connectivity index is 2.10. The van der Waals surface area contributed by atoms with Gasteiger partial charge in [-0.15, -0.1) is 0 Å². The maximum atomic E-state index is 4.68. The van der Waals surface area contributed by atoms with Crippen LogP contribution in [0.3, 0.4) is 0 Å². The van der Waals surface area contributed by atoms with Gasteiger partial charge in [-0.1, -0.05) is 12.8 Å². The van der Waals surface area contributed by atoms with E-state index in [0.29, 0.717) is 5.92 Å². The summed E-state index contributed by atoms with van der Waals surface area (Å²) in [6.45, 7) is 1.99. The fraction of sp³-hybridized carbons (Fsp3) is 0.500. The molecule has 84 valence electrons. The second-order valence-electron chi connectivity index (χ2n) is 4.50. The third kappa shape index (κ3) is 1.56. The minimum absolute atomic E-state index is 0.652. The van der Waals surface area contributed by atoms with Gasteiger partial charge in [0.05, 0.1) is 11.4 Å². The van der Waals surface area contributed by atoms with Gasteiger partial charge >= 0.3 is 0 Å². The van der Waals surface area contributed by atoms with Gasteiger partial charge in [-0.25, -0.2) is 9.50 Å². The molecule has 0 amide bonds. The van der Waals surface area contributed by atoms with E-state index in [0.717, 1.165) is 15.9 Å². The summed E-state index contributed by atoms with van der Waals surface area (Å²) in [6, 6.07) is 4.20. The highest BCUT2D eigenvalue weighted by Gasteiger charge is 2.19. The molecule has 16 heavy (non-hydrogen) atoms. The van der Waals surface area contributed by atoms with Crippen molar-refractivity contribution in [3.05, 3.63) is 28.1 Å². The summed E-state index contributed by atoms with van der Waals surface area (Å²) < 4.78 is 2.88. The van der Waals surface area contributed by atoms with Crippen molar-refractivity contribution in [2.24, 2.45) is 0 Å². The van der Waals surface area contributed by atoms with Gasteiger partial charge < -0.3 is 0 Å². The number of aryl methyl sites for hydroxylation is 1. The Morgan fingerprint density at radius 1 is 1.31 bits per heavy atom. The molecule has 0 unspecified atom stereocenters. The Kier molecular flexibility index (Phi) is 2.46. The zero-order valence-electron chi connectivity index (χ0n) is 9.28. The van der Waals surface area contributed by atoms with Crippen LogP contribution >= 0.6 is 15.9 Å². The number of fused-ring (bicyclic) bond motifs is 1. The molecule has 2 aromatic heterocycles. The van der Waals surface area contributed by atoms with Crippen LogP contribution in [0, 0.1) is 6.92 Å². The number of rotatable bonds is 1. The molecule has 1 aliphatic carbocycles. The summed E-state index contributed by atoms with van der Waals surface area (Å²) >= 11 is 3.53. The summed E-state index contributed by atoms with van der Waals surface area (Å²) in [5.74, 6) is 0.652. The molecule has 0 saturated heterocycles. The first-order valence-corrected chi connectivity index (χ1v) is 6.57. The highest BCUT2D eigenvalue weighted by Crippen LogP contribution is 2.33. The van der Waals surface area contributed by atoms with Gasteiger partial charge in [0.2, 0.25) is 0 Å². The standard InChI is InChI=1S/C12H14BrN3/c1-8-12(13)16-11(14-8)7-6-10(15-16)9-4-2-3-5-9/h6-7,9H,2-5H2,1H3. The molecule has 3 rings (SSSR count). The van der Waals surface area contributed by atoms with Crippen molar-refractivity contribution in [1.29, 1.82) is 0 Å². The van der Waals surface area contributed by atoms with Crippen LogP contribution in [-0.2, 0) is 0 Å². The summed E-state index contributed by atoms with van der Waals surface area (Å²) in [6.07, 6.45) is 5.25. The lowest BCUT2D eigenvalue weighted by atomic mass is 10.0. The molecule has 0 N–H and O–H groups in total. The molecular weight excluding hydrogens is 266 g/mol. The molecule has 2 aromatic rings. The van der Waals surface area contributed by atoms with E-state index in [4.69, 9.17) is 0 Å². The molecule has 0 aromatic carbocycles. The van der Waals surface area contributed by atoms with Crippen LogP contribution in [0.2, 0.25) is 0 Å². The van der Waals surface area contributed by atoms with Crippen LogP contribution in [0.5, 0.6) is 0 Å². The number of imidazole rings is 1. The van der Waals surface area contributed by atoms with Gasteiger partial charge in [-0.3, -0.25) is 0 Å². The van der Waals surface area contributed by atoms with E-state index in [9.17, 15) is 0 Å². The highest BCUT2D eigenvalue weighted by atomic mass is 79.9. The van der Waals surface area contributed by atoms with Crippen LogP contribution in [0.1, 0.15) is 43.0 Å². The van der Waals surface area contributed by atoms with Crippen LogP contribution < -0.4 is 0 Å². The van der Waals surface area contributed by atoms with E-state index >= 15 is 0 Å². The number of nitrogens with zero attached hydrogens (tertiary/aromatic N) is 3. The predicted octanol–water partition coefficient (Wildman–Crippen LogP) is 3.46. The van der Waals surface area contributed by atoms with Crippen LogP contribution in [0.25, 0.3) is 5.65 Å². The van der Waals surface area contributed by atoms with E-state index < -0.39 is 0 Å². The van der Waals surface area contributed by atoms with Crippen LogP contribution in [0.15, 0.2) is 16.7 Å². The minimum Gasteiger partial charge on any atom is -0.231 e. The maximum Gasteiger partial charge on any atom is 0.155 e. The molecular formula is C12H14BrN3. The quantitative estimate of drug-likeness (QED) is 0.800. The highest BCUT2D eigenvalue weighted by molar-refractivity contribution is 9.10. The smallest absolute Gasteiger partial charge is 0.155 e. The average Bonchev–Trinajstić information content (AvgIpc) is 2.89. The van der Waals surface area contributed by atoms with Crippen LogP contribution in [0.4, 0.5) is 0 Å². The predicted molar refractivity (Wildman–Crippen MR) is 66.6 cm³/mol. The van der Waals surface area contributed by atoms with E-state index in [-0.39, 0.29) is 0 Å². The fourth-order valence-electron chi connectivity index (χ4n) is 2.47. The monoisotopic (exact) mass is 279 g/mol. The lowest BCUT2D eigenvalue weighted by Gasteiger charge is -2.08. The molecule has 0 bridgehead atoms. The average molecular weight is 280 g/mol. The number of halogens is 1. The Bertz CT molecular complexity index is 526. The second kappa shape index (κ2) is 3.84. The zero-order valence-corrected chi connectivity index (χ0v) is 10.9. The largest absolute Gasteiger partial charge is 0.231 e. The van der Waals surface area contributed by atoms with Crippen molar-refractivity contribution in [2.75, 3.05) is 0 Å². The topological polar surface area (TPSA) is 30.2 Å². The van der Waals surface area contributed by atoms with Gasteiger partial charge in [-0.05, 0) is 47.8 Å². The number of aromatic nitrogens is 3. The van der Waals surface area contributed by atoms with Gasteiger partial charge in [0, 0.05) is 5.92 Å². The molecule has 3 nitrogen and oxygen atoms in total. The SMILES string of the molecule is Cc1nc2ccc(C3CCCC3)nn2c1Br. The molecule has 0 aliphatic heterocycles. The van der Waals surface area contributed by atoms with Crippen molar-refractivity contribution >= 4 is 21.6 Å². The second-order valence-corrected chi connectivity index (χ2v) is 5.25. The van der Waals surface area contributed by atoms with Gasteiger partial charge in [0.1, 0.15) is 4.60 Å². The fourth-order valence-corrected chi connectivity index (χ4v) is 2.82. The zero-order chi connectivity index (χ0) is 11.1.